The number of amides is 1. The first-order chi connectivity index (χ1) is 9.94. The SMILES string of the molecule is CC(=O)Oc1ccc(C(=O)Nc2nc(C)cc(C)n2)cc1. The van der Waals surface area contributed by atoms with Crippen molar-refractivity contribution in [2.75, 3.05) is 5.32 Å². The van der Waals surface area contributed by atoms with Crippen LogP contribution in [0.4, 0.5) is 5.95 Å². The van der Waals surface area contributed by atoms with E-state index in [-0.39, 0.29) is 11.9 Å². The van der Waals surface area contributed by atoms with Crippen molar-refractivity contribution in [3.05, 3.63) is 47.3 Å². The molecule has 0 unspecified atom stereocenters. The minimum atomic E-state index is -0.407. The largest absolute Gasteiger partial charge is 0.427 e. The molecule has 0 aliphatic rings. The summed E-state index contributed by atoms with van der Waals surface area (Å²) in [5, 5.41) is 2.63. The molecule has 0 spiro atoms. The Morgan fingerprint density at radius 2 is 1.62 bits per heavy atom. The Kier molecular flexibility index (Phi) is 4.27. The first kappa shape index (κ1) is 14.6. The predicted molar refractivity (Wildman–Crippen MR) is 77.2 cm³/mol. The number of esters is 1. The third-order valence-electron chi connectivity index (χ3n) is 2.59. The number of hydrogen-bond acceptors (Lipinski definition) is 5. The number of carbonyl (C=O) groups is 2. The van der Waals surface area contributed by atoms with Gasteiger partial charge in [0.25, 0.3) is 5.91 Å². The van der Waals surface area contributed by atoms with Crippen molar-refractivity contribution in [3.8, 4) is 5.75 Å². The zero-order valence-corrected chi connectivity index (χ0v) is 12.0. The Hall–Kier alpha value is -2.76. The number of anilines is 1. The van der Waals surface area contributed by atoms with Gasteiger partial charge < -0.3 is 4.74 Å². The van der Waals surface area contributed by atoms with Crippen molar-refractivity contribution < 1.29 is 14.3 Å². The maximum atomic E-state index is 12.1. The normalized spacial score (nSPS) is 10.0. The molecule has 0 radical (unpaired) electrons. The van der Waals surface area contributed by atoms with E-state index in [2.05, 4.69) is 15.3 Å². The molecule has 0 aliphatic carbocycles. The fourth-order valence-corrected chi connectivity index (χ4v) is 1.80. The third kappa shape index (κ3) is 4.10. The Balaban J connectivity index is 2.11. The van der Waals surface area contributed by atoms with Crippen LogP contribution >= 0.6 is 0 Å². The van der Waals surface area contributed by atoms with Crippen LogP contribution in [0, 0.1) is 13.8 Å². The summed E-state index contributed by atoms with van der Waals surface area (Å²) in [6, 6.07) is 8.06. The van der Waals surface area contributed by atoms with Crippen LogP contribution in [0.25, 0.3) is 0 Å². The molecule has 21 heavy (non-hydrogen) atoms. The van der Waals surface area contributed by atoms with Gasteiger partial charge in [0.05, 0.1) is 0 Å². The standard InChI is InChI=1S/C15H15N3O3/c1-9-8-10(2)17-15(16-9)18-14(20)12-4-6-13(7-5-12)21-11(3)19/h4-8H,1-3H3,(H,16,17,18,20). The molecule has 0 bridgehead atoms. The molecule has 6 heteroatoms. The summed E-state index contributed by atoms with van der Waals surface area (Å²) in [6.07, 6.45) is 0. The second-order valence-electron chi connectivity index (χ2n) is 4.55. The van der Waals surface area contributed by atoms with Gasteiger partial charge in [-0.15, -0.1) is 0 Å². The van der Waals surface area contributed by atoms with Crippen LogP contribution in [0.3, 0.4) is 0 Å². The van der Waals surface area contributed by atoms with Crippen LogP contribution < -0.4 is 10.1 Å². The Labute approximate surface area is 122 Å². The topological polar surface area (TPSA) is 81.2 Å². The first-order valence-corrected chi connectivity index (χ1v) is 6.36. The summed E-state index contributed by atoms with van der Waals surface area (Å²) >= 11 is 0. The monoisotopic (exact) mass is 285 g/mol. The molecule has 2 rings (SSSR count). The van der Waals surface area contributed by atoms with E-state index >= 15 is 0 Å². The minimum Gasteiger partial charge on any atom is -0.427 e. The summed E-state index contributed by atoms with van der Waals surface area (Å²) in [7, 11) is 0. The van der Waals surface area contributed by atoms with Crippen LogP contribution in [0.1, 0.15) is 28.7 Å². The maximum Gasteiger partial charge on any atom is 0.308 e. The van der Waals surface area contributed by atoms with Gasteiger partial charge in [-0.05, 0) is 44.2 Å². The molecule has 0 fully saturated rings. The summed E-state index contributed by atoms with van der Waals surface area (Å²) in [6.45, 7) is 4.98. The number of carbonyl (C=O) groups excluding carboxylic acids is 2. The van der Waals surface area contributed by atoms with Crippen LogP contribution in [0.15, 0.2) is 30.3 Å². The molecule has 1 amide bonds. The van der Waals surface area contributed by atoms with Gasteiger partial charge in [0.2, 0.25) is 5.95 Å². The van der Waals surface area contributed by atoms with Crippen molar-refractivity contribution >= 4 is 17.8 Å². The summed E-state index contributed by atoms with van der Waals surface area (Å²) in [4.78, 5) is 31.2. The van der Waals surface area contributed by atoms with Gasteiger partial charge in [-0.2, -0.15) is 0 Å². The van der Waals surface area contributed by atoms with Gasteiger partial charge in [-0.1, -0.05) is 0 Å². The van der Waals surface area contributed by atoms with E-state index in [4.69, 9.17) is 4.74 Å². The van der Waals surface area contributed by atoms with Crippen molar-refractivity contribution in [1.29, 1.82) is 0 Å². The molecule has 0 atom stereocenters. The fraction of sp³-hybridized carbons (Fsp3) is 0.200. The lowest BCUT2D eigenvalue weighted by atomic mass is 10.2. The average molecular weight is 285 g/mol. The van der Waals surface area contributed by atoms with E-state index in [9.17, 15) is 9.59 Å². The Morgan fingerprint density at radius 3 is 2.14 bits per heavy atom. The van der Waals surface area contributed by atoms with Crippen LogP contribution in [-0.2, 0) is 4.79 Å². The van der Waals surface area contributed by atoms with E-state index in [0.717, 1.165) is 11.4 Å². The van der Waals surface area contributed by atoms with Gasteiger partial charge in [0.1, 0.15) is 5.75 Å². The second-order valence-corrected chi connectivity index (χ2v) is 4.55. The molecule has 0 saturated carbocycles. The Bertz CT molecular complexity index is 661. The second kappa shape index (κ2) is 6.13. The number of ether oxygens (including phenoxy) is 1. The summed E-state index contributed by atoms with van der Waals surface area (Å²) in [5.41, 5.74) is 1.99. The van der Waals surface area contributed by atoms with E-state index < -0.39 is 5.97 Å². The third-order valence-corrected chi connectivity index (χ3v) is 2.59. The van der Waals surface area contributed by atoms with E-state index in [1.54, 1.807) is 24.3 Å². The molecular formula is C15H15N3O3. The molecule has 1 aromatic carbocycles. The molecular weight excluding hydrogens is 270 g/mol. The predicted octanol–water partition coefficient (Wildman–Crippen LogP) is 2.27. The smallest absolute Gasteiger partial charge is 0.308 e. The highest BCUT2D eigenvalue weighted by atomic mass is 16.5. The molecule has 2 aromatic rings. The molecule has 1 aromatic heterocycles. The summed E-state index contributed by atoms with van der Waals surface area (Å²) < 4.78 is 4.90. The van der Waals surface area contributed by atoms with E-state index in [1.807, 2.05) is 19.9 Å². The molecule has 1 N–H and O–H groups in total. The van der Waals surface area contributed by atoms with Crippen LogP contribution in [0.5, 0.6) is 5.75 Å². The Morgan fingerprint density at radius 1 is 1.05 bits per heavy atom. The van der Waals surface area contributed by atoms with Crippen molar-refractivity contribution in [1.82, 2.24) is 9.97 Å². The molecule has 0 saturated heterocycles. The molecule has 0 aliphatic heterocycles. The number of nitrogens with one attached hydrogen (secondary N) is 1. The number of hydrogen-bond donors (Lipinski definition) is 1. The number of rotatable bonds is 3. The van der Waals surface area contributed by atoms with Gasteiger partial charge in [-0.3, -0.25) is 14.9 Å². The lowest BCUT2D eigenvalue weighted by Gasteiger charge is -2.06. The number of aryl methyl sites for hydroxylation is 2. The fourth-order valence-electron chi connectivity index (χ4n) is 1.80. The quantitative estimate of drug-likeness (QED) is 0.691. The highest BCUT2D eigenvalue weighted by molar-refractivity contribution is 6.03. The van der Waals surface area contributed by atoms with Gasteiger partial charge in [0.15, 0.2) is 0 Å². The highest BCUT2D eigenvalue weighted by Gasteiger charge is 2.09. The number of nitrogens with zero attached hydrogens (tertiary/aromatic N) is 2. The lowest BCUT2D eigenvalue weighted by molar-refractivity contribution is -0.131. The zero-order valence-electron chi connectivity index (χ0n) is 12.0. The highest BCUT2D eigenvalue weighted by Crippen LogP contribution is 2.13. The van der Waals surface area contributed by atoms with Gasteiger partial charge in [0, 0.05) is 23.9 Å². The number of aromatic nitrogens is 2. The average Bonchev–Trinajstić information content (AvgIpc) is 2.37. The van der Waals surface area contributed by atoms with Crippen LogP contribution in [-0.4, -0.2) is 21.8 Å². The minimum absolute atomic E-state index is 0.265. The molecule has 1 heterocycles. The molecule has 6 nitrogen and oxygen atoms in total. The van der Waals surface area contributed by atoms with E-state index in [1.165, 1.54) is 6.92 Å². The van der Waals surface area contributed by atoms with Crippen molar-refractivity contribution in [3.63, 3.8) is 0 Å². The van der Waals surface area contributed by atoms with Crippen molar-refractivity contribution in [2.24, 2.45) is 0 Å². The van der Waals surface area contributed by atoms with Crippen molar-refractivity contribution in [2.45, 2.75) is 20.8 Å². The van der Waals surface area contributed by atoms with E-state index in [0.29, 0.717) is 11.3 Å². The number of benzene rings is 1. The maximum absolute atomic E-state index is 12.1. The summed E-state index contributed by atoms with van der Waals surface area (Å²) in [5.74, 6) is -0.0755. The lowest BCUT2D eigenvalue weighted by Crippen LogP contribution is -2.15. The molecule has 108 valence electrons. The zero-order chi connectivity index (χ0) is 15.4. The van der Waals surface area contributed by atoms with Crippen LogP contribution in [0.2, 0.25) is 0 Å². The first-order valence-electron chi connectivity index (χ1n) is 6.36. The van der Waals surface area contributed by atoms with Gasteiger partial charge in [-0.25, -0.2) is 9.97 Å². The van der Waals surface area contributed by atoms with Gasteiger partial charge >= 0.3 is 5.97 Å².